The van der Waals surface area contributed by atoms with Gasteiger partial charge in [0.25, 0.3) is 0 Å². The van der Waals surface area contributed by atoms with Crippen LogP contribution in [-0.4, -0.2) is 12.5 Å². The van der Waals surface area contributed by atoms with Crippen LogP contribution in [0.3, 0.4) is 0 Å². The second kappa shape index (κ2) is 7.08. The van der Waals surface area contributed by atoms with E-state index in [-0.39, 0.29) is 5.91 Å². The van der Waals surface area contributed by atoms with Gasteiger partial charge in [0.2, 0.25) is 5.91 Å². The summed E-state index contributed by atoms with van der Waals surface area (Å²) in [6.45, 7) is 2.60. The van der Waals surface area contributed by atoms with E-state index in [4.69, 9.17) is 5.26 Å². The van der Waals surface area contributed by atoms with Crippen molar-refractivity contribution in [3.8, 4) is 6.07 Å². The SMILES string of the molecule is CCCNC(=O)C(C#N)Cc1ccc(Br)cc1. The van der Waals surface area contributed by atoms with Crippen molar-refractivity contribution in [2.24, 2.45) is 5.92 Å². The molecule has 17 heavy (non-hydrogen) atoms. The first kappa shape index (κ1) is 13.7. The van der Waals surface area contributed by atoms with Crippen molar-refractivity contribution in [1.82, 2.24) is 5.32 Å². The van der Waals surface area contributed by atoms with E-state index in [1.807, 2.05) is 31.2 Å². The highest BCUT2D eigenvalue weighted by molar-refractivity contribution is 9.10. The Hall–Kier alpha value is -1.34. The summed E-state index contributed by atoms with van der Waals surface area (Å²) in [7, 11) is 0. The number of carbonyl (C=O) groups excluding carboxylic acids is 1. The smallest absolute Gasteiger partial charge is 0.237 e. The van der Waals surface area contributed by atoms with Crippen LogP contribution in [0.1, 0.15) is 18.9 Å². The van der Waals surface area contributed by atoms with Crippen LogP contribution in [-0.2, 0) is 11.2 Å². The fourth-order valence-corrected chi connectivity index (χ4v) is 1.69. The molecule has 0 aliphatic heterocycles. The van der Waals surface area contributed by atoms with E-state index in [2.05, 4.69) is 27.3 Å². The van der Waals surface area contributed by atoms with Gasteiger partial charge in [0.05, 0.1) is 6.07 Å². The van der Waals surface area contributed by atoms with Crippen LogP contribution in [0.2, 0.25) is 0 Å². The number of nitrogens with zero attached hydrogens (tertiary/aromatic N) is 1. The zero-order valence-electron chi connectivity index (χ0n) is 9.74. The molecule has 0 aliphatic rings. The van der Waals surface area contributed by atoms with E-state index in [0.717, 1.165) is 16.5 Å². The molecule has 90 valence electrons. The van der Waals surface area contributed by atoms with E-state index in [1.54, 1.807) is 0 Å². The summed E-state index contributed by atoms with van der Waals surface area (Å²) in [5.74, 6) is -0.792. The van der Waals surface area contributed by atoms with Crippen LogP contribution in [0.4, 0.5) is 0 Å². The maximum absolute atomic E-state index is 11.7. The summed E-state index contributed by atoms with van der Waals surface area (Å²) in [6.07, 6.45) is 1.33. The summed E-state index contributed by atoms with van der Waals surface area (Å²) in [6, 6.07) is 9.71. The third-order valence-corrected chi connectivity index (χ3v) is 2.90. The van der Waals surface area contributed by atoms with Gasteiger partial charge in [-0.1, -0.05) is 35.0 Å². The highest BCUT2D eigenvalue weighted by atomic mass is 79.9. The third kappa shape index (κ3) is 4.58. The first-order valence-corrected chi connectivity index (χ1v) is 6.38. The maximum atomic E-state index is 11.7. The van der Waals surface area contributed by atoms with E-state index in [1.165, 1.54) is 0 Å². The minimum absolute atomic E-state index is 0.183. The lowest BCUT2D eigenvalue weighted by atomic mass is 10.00. The fourth-order valence-electron chi connectivity index (χ4n) is 1.42. The highest BCUT2D eigenvalue weighted by Gasteiger charge is 2.17. The average Bonchev–Trinajstić information content (AvgIpc) is 2.35. The van der Waals surface area contributed by atoms with Crippen LogP contribution < -0.4 is 5.32 Å². The molecule has 0 saturated carbocycles. The Kier molecular flexibility index (Phi) is 5.71. The summed E-state index contributed by atoms with van der Waals surface area (Å²) in [5, 5.41) is 11.7. The Morgan fingerprint density at radius 3 is 2.65 bits per heavy atom. The average molecular weight is 295 g/mol. The number of hydrogen-bond donors (Lipinski definition) is 1. The highest BCUT2D eigenvalue weighted by Crippen LogP contribution is 2.14. The quantitative estimate of drug-likeness (QED) is 0.908. The zero-order valence-corrected chi connectivity index (χ0v) is 11.3. The minimum Gasteiger partial charge on any atom is -0.355 e. The van der Waals surface area contributed by atoms with Gasteiger partial charge in [-0.3, -0.25) is 4.79 Å². The molecule has 0 aromatic heterocycles. The first-order chi connectivity index (χ1) is 8.17. The second-order valence-corrected chi connectivity index (χ2v) is 4.72. The van der Waals surface area contributed by atoms with Gasteiger partial charge in [0.15, 0.2) is 0 Å². The molecular formula is C13H15BrN2O. The molecule has 1 aromatic rings. The van der Waals surface area contributed by atoms with E-state index in [9.17, 15) is 4.79 Å². The number of benzene rings is 1. The number of nitrogens with one attached hydrogen (secondary N) is 1. The molecule has 1 atom stereocenters. The standard InChI is InChI=1S/C13H15BrN2O/c1-2-7-16-13(17)11(9-15)8-10-3-5-12(14)6-4-10/h3-6,11H,2,7-8H2,1H3,(H,16,17). The summed E-state index contributed by atoms with van der Waals surface area (Å²) >= 11 is 3.35. The Morgan fingerprint density at radius 1 is 1.47 bits per heavy atom. The van der Waals surface area contributed by atoms with E-state index >= 15 is 0 Å². The topological polar surface area (TPSA) is 52.9 Å². The lowest BCUT2D eigenvalue weighted by molar-refractivity contribution is -0.123. The molecule has 0 spiro atoms. The summed E-state index contributed by atoms with van der Waals surface area (Å²) < 4.78 is 0.991. The number of carbonyl (C=O) groups is 1. The number of amides is 1. The predicted molar refractivity (Wildman–Crippen MR) is 70.2 cm³/mol. The van der Waals surface area contributed by atoms with Crippen LogP contribution in [0.25, 0.3) is 0 Å². The Morgan fingerprint density at radius 2 is 2.12 bits per heavy atom. The van der Waals surface area contributed by atoms with Gasteiger partial charge in [0.1, 0.15) is 5.92 Å². The van der Waals surface area contributed by atoms with Crippen molar-refractivity contribution < 1.29 is 4.79 Å². The van der Waals surface area contributed by atoms with Crippen molar-refractivity contribution in [2.75, 3.05) is 6.54 Å². The van der Waals surface area contributed by atoms with Crippen LogP contribution in [0.15, 0.2) is 28.7 Å². The Labute approximate surface area is 110 Å². The molecule has 0 fully saturated rings. The monoisotopic (exact) mass is 294 g/mol. The molecule has 0 bridgehead atoms. The molecule has 1 N–H and O–H groups in total. The van der Waals surface area contributed by atoms with Crippen LogP contribution >= 0.6 is 15.9 Å². The molecule has 1 rings (SSSR count). The molecule has 4 heteroatoms. The lowest BCUT2D eigenvalue weighted by Gasteiger charge is -2.09. The second-order valence-electron chi connectivity index (χ2n) is 3.80. The van der Waals surface area contributed by atoms with E-state index < -0.39 is 5.92 Å². The Bertz CT molecular complexity index is 408. The number of halogens is 1. The summed E-state index contributed by atoms with van der Waals surface area (Å²) in [5.41, 5.74) is 0.992. The zero-order chi connectivity index (χ0) is 12.7. The maximum Gasteiger partial charge on any atom is 0.237 e. The number of hydrogen-bond acceptors (Lipinski definition) is 2. The molecule has 1 unspecified atom stereocenters. The molecule has 0 radical (unpaired) electrons. The molecule has 0 aliphatic carbocycles. The van der Waals surface area contributed by atoms with Crippen LogP contribution in [0, 0.1) is 17.2 Å². The normalized spacial score (nSPS) is 11.6. The minimum atomic E-state index is -0.609. The number of nitriles is 1. The van der Waals surface area contributed by atoms with Gasteiger partial charge in [-0.15, -0.1) is 0 Å². The lowest BCUT2D eigenvalue weighted by Crippen LogP contribution is -2.31. The Balaban J connectivity index is 2.61. The summed E-state index contributed by atoms with van der Waals surface area (Å²) in [4.78, 5) is 11.7. The molecule has 0 heterocycles. The van der Waals surface area contributed by atoms with Crippen molar-refractivity contribution >= 4 is 21.8 Å². The molecule has 0 saturated heterocycles. The first-order valence-electron chi connectivity index (χ1n) is 5.59. The van der Waals surface area contributed by atoms with E-state index in [0.29, 0.717) is 13.0 Å². The molecule has 1 amide bonds. The van der Waals surface area contributed by atoms with Gasteiger partial charge in [-0.25, -0.2) is 0 Å². The fraction of sp³-hybridized carbons (Fsp3) is 0.385. The van der Waals surface area contributed by atoms with Gasteiger partial charge < -0.3 is 5.32 Å². The number of rotatable bonds is 5. The van der Waals surface area contributed by atoms with Gasteiger partial charge in [0, 0.05) is 11.0 Å². The predicted octanol–water partition coefficient (Wildman–Crippen LogP) is 2.66. The van der Waals surface area contributed by atoms with Crippen molar-refractivity contribution in [1.29, 1.82) is 5.26 Å². The van der Waals surface area contributed by atoms with Crippen molar-refractivity contribution in [3.05, 3.63) is 34.3 Å². The molecule has 3 nitrogen and oxygen atoms in total. The van der Waals surface area contributed by atoms with Gasteiger partial charge in [-0.2, -0.15) is 5.26 Å². The van der Waals surface area contributed by atoms with Crippen molar-refractivity contribution in [3.63, 3.8) is 0 Å². The van der Waals surface area contributed by atoms with Crippen molar-refractivity contribution in [2.45, 2.75) is 19.8 Å². The van der Waals surface area contributed by atoms with Crippen LogP contribution in [0.5, 0.6) is 0 Å². The third-order valence-electron chi connectivity index (χ3n) is 2.37. The molecule has 1 aromatic carbocycles. The largest absolute Gasteiger partial charge is 0.355 e. The van der Waals surface area contributed by atoms with Gasteiger partial charge in [-0.05, 0) is 30.5 Å². The molecular weight excluding hydrogens is 280 g/mol. The van der Waals surface area contributed by atoms with Gasteiger partial charge >= 0.3 is 0 Å².